The van der Waals surface area contributed by atoms with E-state index in [1.165, 1.54) is 4.90 Å². The number of hydrogen-bond acceptors (Lipinski definition) is 6. The molecule has 1 spiro atoms. The number of nitriles is 1. The normalized spacial score (nSPS) is 19.5. The van der Waals surface area contributed by atoms with Crippen molar-refractivity contribution in [3.8, 4) is 11.8 Å². The highest BCUT2D eigenvalue weighted by atomic mass is 16.5. The number of carbonyl (C=O) groups is 2. The van der Waals surface area contributed by atoms with Crippen LogP contribution in [0.15, 0.2) is 84.3 Å². The number of amides is 1. The van der Waals surface area contributed by atoms with Gasteiger partial charge in [0.1, 0.15) is 17.4 Å². The van der Waals surface area contributed by atoms with Gasteiger partial charge in [-0.3, -0.25) is 4.79 Å². The van der Waals surface area contributed by atoms with Crippen molar-refractivity contribution in [1.82, 2.24) is 4.90 Å². The van der Waals surface area contributed by atoms with E-state index in [0.29, 0.717) is 22.6 Å². The first-order valence-electron chi connectivity index (χ1n) is 10.1. The number of fused-ring (bicyclic) bond motifs is 2. The minimum absolute atomic E-state index is 0.0349. The Morgan fingerprint density at radius 3 is 2.59 bits per heavy atom. The van der Waals surface area contributed by atoms with Crippen LogP contribution < -0.4 is 10.5 Å². The third kappa shape index (κ3) is 2.81. The zero-order valence-corrected chi connectivity index (χ0v) is 17.5. The summed E-state index contributed by atoms with van der Waals surface area (Å²) < 4.78 is 11.1. The Morgan fingerprint density at radius 2 is 1.94 bits per heavy atom. The molecule has 7 heteroatoms. The number of nitrogens with two attached hydrogens (primary N) is 1. The van der Waals surface area contributed by atoms with E-state index in [1.807, 2.05) is 12.1 Å². The van der Waals surface area contributed by atoms with Crippen molar-refractivity contribution in [2.24, 2.45) is 5.73 Å². The molecule has 0 aromatic heterocycles. The lowest BCUT2D eigenvalue weighted by Crippen LogP contribution is -2.47. The number of rotatable bonds is 5. The molecule has 2 aliphatic rings. The first-order valence-corrected chi connectivity index (χ1v) is 10.1. The Kier molecular flexibility index (Phi) is 5.29. The smallest absolute Gasteiger partial charge is 0.337 e. The van der Waals surface area contributed by atoms with Gasteiger partial charge in [0.25, 0.3) is 0 Å². The van der Waals surface area contributed by atoms with Gasteiger partial charge < -0.3 is 20.1 Å². The van der Waals surface area contributed by atoms with Crippen molar-refractivity contribution in [2.75, 3.05) is 13.2 Å². The van der Waals surface area contributed by atoms with Crippen LogP contribution in [0.1, 0.15) is 18.1 Å². The first-order chi connectivity index (χ1) is 15.5. The van der Waals surface area contributed by atoms with E-state index in [1.54, 1.807) is 61.5 Å². The molecule has 1 amide bonds. The second kappa shape index (κ2) is 8.08. The summed E-state index contributed by atoms with van der Waals surface area (Å²) in [6.45, 7) is 5.66. The van der Waals surface area contributed by atoms with Crippen LogP contribution in [0.4, 0.5) is 0 Å². The zero-order chi connectivity index (χ0) is 22.9. The van der Waals surface area contributed by atoms with Crippen LogP contribution in [0.3, 0.4) is 0 Å². The molecule has 1 atom stereocenters. The van der Waals surface area contributed by atoms with E-state index in [0.717, 1.165) is 0 Å². The fourth-order valence-corrected chi connectivity index (χ4v) is 4.35. The minimum Gasteiger partial charge on any atom is -0.463 e. The van der Waals surface area contributed by atoms with Gasteiger partial charge in [-0.05, 0) is 18.6 Å². The van der Waals surface area contributed by atoms with Gasteiger partial charge in [-0.15, -0.1) is 6.58 Å². The molecule has 7 nitrogen and oxygen atoms in total. The highest BCUT2D eigenvalue weighted by Crippen LogP contribution is 2.55. The van der Waals surface area contributed by atoms with E-state index >= 15 is 0 Å². The molecule has 2 heterocycles. The van der Waals surface area contributed by atoms with Crippen molar-refractivity contribution >= 4 is 17.6 Å². The second-order valence-corrected chi connectivity index (χ2v) is 7.21. The number of esters is 1. The van der Waals surface area contributed by atoms with Gasteiger partial charge in [-0.1, -0.05) is 54.6 Å². The van der Waals surface area contributed by atoms with Gasteiger partial charge in [-0.25, -0.2) is 4.79 Å². The highest BCUT2D eigenvalue weighted by molar-refractivity contribution is 6.19. The van der Waals surface area contributed by atoms with Gasteiger partial charge in [0.2, 0.25) is 11.8 Å². The minimum atomic E-state index is -1.80. The summed E-state index contributed by atoms with van der Waals surface area (Å²) in [5.41, 5.74) is 5.56. The second-order valence-electron chi connectivity index (χ2n) is 7.21. The molecule has 0 bridgehead atoms. The molecule has 32 heavy (non-hydrogen) atoms. The fraction of sp³-hybridized carbons (Fsp3) is 0.160. The van der Waals surface area contributed by atoms with Gasteiger partial charge >= 0.3 is 5.97 Å². The zero-order valence-electron chi connectivity index (χ0n) is 17.5. The van der Waals surface area contributed by atoms with E-state index in [9.17, 15) is 14.9 Å². The van der Waals surface area contributed by atoms with Crippen LogP contribution in [0.5, 0.6) is 5.75 Å². The van der Waals surface area contributed by atoms with Crippen LogP contribution in [-0.2, 0) is 19.7 Å². The summed E-state index contributed by atoms with van der Waals surface area (Å²) in [7, 11) is 0. The Hall–Kier alpha value is -4.31. The molecule has 2 aromatic rings. The average molecular weight is 427 g/mol. The molecule has 2 aromatic carbocycles. The monoisotopic (exact) mass is 427 g/mol. The predicted octanol–water partition coefficient (Wildman–Crippen LogP) is 3.01. The Bertz CT molecular complexity index is 1220. The maximum atomic E-state index is 14.2. The number of nitrogens with zero attached hydrogens (tertiary/aromatic N) is 2. The van der Waals surface area contributed by atoms with Crippen LogP contribution >= 0.6 is 0 Å². The van der Waals surface area contributed by atoms with Crippen LogP contribution in [0, 0.1) is 11.3 Å². The summed E-state index contributed by atoms with van der Waals surface area (Å²) in [6, 6.07) is 17.8. The molecule has 0 radical (unpaired) electrons. The molecular weight excluding hydrogens is 406 g/mol. The number of para-hydroxylation sites is 1. The molecule has 0 aliphatic carbocycles. The van der Waals surface area contributed by atoms with Crippen molar-refractivity contribution in [1.29, 1.82) is 5.26 Å². The highest BCUT2D eigenvalue weighted by Gasteiger charge is 2.62. The number of benzene rings is 2. The maximum Gasteiger partial charge on any atom is 0.337 e. The van der Waals surface area contributed by atoms with E-state index in [4.69, 9.17) is 15.2 Å². The number of carbonyl (C=O) groups excluding carboxylic acids is 2. The summed E-state index contributed by atoms with van der Waals surface area (Å²) >= 11 is 0. The largest absolute Gasteiger partial charge is 0.463 e. The lowest BCUT2D eigenvalue weighted by Gasteiger charge is -2.35. The van der Waals surface area contributed by atoms with E-state index in [2.05, 4.69) is 6.58 Å². The molecule has 2 aliphatic heterocycles. The molecular formula is C25H21N3O4. The van der Waals surface area contributed by atoms with Crippen LogP contribution in [0.2, 0.25) is 0 Å². The average Bonchev–Trinajstić information content (AvgIpc) is 3.04. The van der Waals surface area contributed by atoms with Gasteiger partial charge in [0.05, 0.1) is 17.9 Å². The molecule has 160 valence electrons. The Balaban J connectivity index is 2.19. The fourth-order valence-electron chi connectivity index (χ4n) is 4.35. The third-order valence-electron chi connectivity index (χ3n) is 5.53. The lowest BCUT2D eigenvalue weighted by atomic mass is 9.67. The Labute approximate surface area is 185 Å². The van der Waals surface area contributed by atoms with Crippen molar-refractivity contribution in [2.45, 2.75) is 12.3 Å². The van der Waals surface area contributed by atoms with Gasteiger partial charge in [0.15, 0.2) is 5.41 Å². The summed E-state index contributed by atoms with van der Waals surface area (Å²) in [4.78, 5) is 29.1. The van der Waals surface area contributed by atoms with E-state index < -0.39 is 17.3 Å². The van der Waals surface area contributed by atoms with Crippen molar-refractivity contribution in [3.63, 3.8) is 0 Å². The third-order valence-corrected chi connectivity index (χ3v) is 5.53. The molecule has 2 N–H and O–H groups in total. The predicted molar refractivity (Wildman–Crippen MR) is 117 cm³/mol. The van der Waals surface area contributed by atoms with E-state index in [-0.39, 0.29) is 30.2 Å². The Morgan fingerprint density at radius 1 is 1.25 bits per heavy atom. The quantitative estimate of drug-likeness (QED) is 0.581. The molecule has 4 rings (SSSR count). The first kappa shape index (κ1) is 20.9. The molecule has 0 fully saturated rings. The standard InChI is InChI=1S/C25H21N3O4/c1-3-14-28-21(16-10-6-5-7-11-16)20(23(29)31-4-2)25(24(28)30)17-12-8-9-13-19(17)32-22(27)18(25)15-26/h3,5-13H,1,4,14,27H2,2H3. The lowest BCUT2D eigenvalue weighted by molar-refractivity contribution is -0.140. The summed E-state index contributed by atoms with van der Waals surface area (Å²) in [5, 5.41) is 10.1. The van der Waals surface area contributed by atoms with Crippen LogP contribution in [0.25, 0.3) is 5.70 Å². The van der Waals surface area contributed by atoms with Crippen LogP contribution in [-0.4, -0.2) is 29.9 Å². The van der Waals surface area contributed by atoms with Gasteiger partial charge in [0, 0.05) is 12.1 Å². The van der Waals surface area contributed by atoms with Crippen molar-refractivity contribution in [3.05, 3.63) is 95.4 Å². The topological polar surface area (TPSA) is 106 Å². The molecule has 0 saturated heterocycles. The van der Waals surface area contributed by atoms with Gasteiger partial charge in [-0.2, -0.15) is 5.26 Å². The number of hydrogen-bond donors (Lipinski definition) is 1. The SMILES string of the molecule is C=CCN1C(=O)C2(C(C#N)=C(N)Oc3ccccc32)C(C(=O)OCC)=C1c1ccccc1. The number of ether oxygens (including phenoxy) is 2. The summed E-state index contributed by atoms with van der Waals surface area (Å²) in [5.74, 6) is -1.13. The molecule has 1 unspecified atom stereocenters. The molecule has 0 saturated carbocycles. The maximum absolute atomic E-state index is 14.2. The van der Waals surface area contributed by atoms with Crippen molar-refractivity contribution < 1.29 is 19.1 Å². The summed E-state index contributed by atoms with van der Waals surface area (Å²) in [6.07, 6.45) is 1.56.